The lowest BCUT2D eigenvalue weighted by atomic mass is 10.2. The first-order chi connectivity index (χ1) is 10.2. The lowest BCUT2D eigenvalue weighted by Gasteiger charge is -2.11. The fourth-order valence-corrected chi connectivity index (χ4v) is 2.36. The Morgan fingerprint density at radius 1 is 1.14 bits per heavy atom. The summed E-state index contributed by atoms with van der Waals surface area (Å²) in [6.45, 7) is 0. The van der Waals surface area contributed by atoms with E-state index >= 15 is 0 Å². The maximum Gasteiger partial charge on any atom is 0.200 e. The summed E-state index contributed by atoms with van der Waals surface area (Å²) >= 11 is 5.30. The van der Waals surface area contributed by atoms with Crippen molar-refractivity contribution in [3.63, 3.8) is 0 Å². The zero-order chi connectivity index (χ0) is 14.8. The first kappa shape index (κ1) is 13.5. The second-order valence-corrected chi connectivity index (χ2v) is 4.75. The lowest BCUT2D eigenvalue weighted by molar-refractivity contribution is 0.413. The standard InChI is InChI=1S/C15H12FN3OS/c1-20-13-5-3-2-4-12(13)19-14(17-18-15(19)21)10-6-8-11(16)9-7-10/h2-9H,1H3,(H,18,21). The number of para-hydroxylation sites is 2. The van der Waals surface area contributed by atoms with Gasteiger partial charge in [-0.05, 0) is 48.6 Å². The Balaban J connectivity index is 2.22. The molecule has 0 radical (unpaired) electrons. The molecule has 0 aliphatic heterocycles. The number of aromatic amines is 1. The van der Waals surface area contributed by atoms with E-state index in [9.17, 15) is 4.39 Å². The van der Waals surface area contributed by atoms with Crippen LogP contribution in [0.3, 0.4) is 0 Å². The van der Waals surface area contributed by atoms with Crippen LogP contribution in [0.5, 0.6) is 5.75 Å². The predicted octanol–water partition coefficient (Wildman–Crippen LogP) is 3.74. The van der Waals surface area contributed by atoms with Crippen LogP contribution in [0.2, 0.25) is 0 Å². The fourth-order valence-electron chi connectivity index (χ4n) is 2.13. The molecule has 0 fully saturated rings. The van der Waals surface area contributed by atoms with Gasteiger partial charge in [-0.1, -0.05) is 12.1 Å². The summed E-state index contributed by atoms with van der Waals surface area (Å²) in [4.78, 5) is 0. The molecule has 0 spiro atoms. The number of rotatable bonds is 3. The van der Waals surface area contributed by atoms with Gasteiger partial charge in [-0.3, -0.25) is 9.67 Å². The Bertz CT molecular complexity index is 823. The maximum absolute atomic E-state index is 13.1. The molecule has 0 unspecified atom stereocenters. The van der Waals surface area contributed by atoms with Gasteiger partial charge >= 0.3 is 0 Å². The molecule has 21 heavy (non-hydrogen) atoms. The van der Waals surface area contributed by atoms with Crippen molar-refractivity contribution in [3.8, 4) is 22.8 Å². The first-order valence-corrected chi connectivity index (χ1v) is 6.68. The molecule has 0 saturated heterocycles. The van der Waals surface area contributed by atoms with E-state index in [-0.39, 0.29) is 5.82 Å². The second kappa shape index (κ2) is 5.49. The molecule has 0 aliphatic rings. The molecule has 1 N–H and O–H groups in total. The van der Waals surface area contributed by atoms with Gasteiger partial charge in [-0.25, -0.2) is 4.39 Å². The molecule has 1 heterocycles. The Labute approximate surface area is 125 Å². The quantitative estimate of drug-likeness (QED) is 0.749. The van der Waals surface area contributed by atoms with E-state index in [1.807, 2.05) is 24.3 Å². The van der Waals surface area contributed by atoms with Crippen molar-refractivity contribution in [2.24, 2.45) is 0 Å². The van der Waals surface area contributed by atoms with Gasteiger partial charge in [0.25, 0.3) is 0 Å². The molecule has 3 rings (SSSR count). The summed E-state index contributed by atoms with van der Waals surface area (Å²) in [6.07, 6.45) is 0. The Morgan fingerprint density at radius 2 is 1.86 bits per heavy atom. The van der Waals surface area contributed by atoms with Gasteiger partial charge in [0.2, 0.25) is 0 Å². The van der Waals surface area contributed by atoms with E-state index in [1.165, 1.54) is 12.1 Å². The Morgan fingerprint density at radius 3 is 2.57 bits per heavy atom. The summed E-state index contributed by atoms with van der Waals surface area (Å²) in [5.41, 5.74) is 1.53. The largest absolute Gasteiger partial charge is 0.495 e. The van der Waals surface area contributed by atoms with Crippen LogP contribution in [-0.2, 0) is 0 Å². The van der Waals surface area contributed by atoms with Crippen molar-refractivity contribution in [3.05, 3.63) is 59.1 Å². The maximum atomic E-state index is 13.1. The van der Waals surface area contributed by atoms with Crippen molar-refractivity contribution in [2.75, 3.05) is 7.11 Å². The number of aromatic nitrogens is 3. The van der Waals surface area contributed by atoms with Gasteiger partial charge in [0.05, 0.1) is 12.8 Å². The number of hydrogen-bond acceptors (Lipinski definition) is 3. The average molecular weight is 301 g/mol. The highest BCUT2D eigenvalue weighted by Gasteiger charge is 2.13. The lowest BCUT2D eigenvalue weighted by Crippen LogP contribution is -2.00. The third kappa shape index (κ3) is 2.45. The number of nitrogens with one attached hydrogen (secondary N) is 1. The van der Waals surface area contributed by atoms with Gasteiger partial charge in [0.15, 0.2) is 10.6 Å². The molecule has 4 nitrogen and oxygen atoms in total. The predicted molar refractivity (Wildman–Crippen MR) is 80.7 cm³/mol. The molecule has 0 aliphatic carbocycles. The zero-order valence-corrected chi connectivity index (χ0v) is 12.0. The van der Waals surface area contributed by atoms with E-state index in [2.05, 4.69) is 10.2 Å². The minimum absolute atomic E-state index is 0.295. The molecule has 106 valence electrons. The minimum atomic E-state index is -0.295. The summed E-state index contributed by atoms with van der Waals surface area (Å²) in [6, 6.07) is 13.6. The van der Waals surface area contributed by atoms with Crippen LogP contribution in [0.25, 0.3) is 17.1 Å². The highest BCUT2D eigenvalue weighted by Crippen LogP contribution is 2.27. The summed E-state index contributed by atoms with van der Waals surface area (Å²) in [5, 5.41) is 7.00. The summed E-state index contributed by atoms with van der Waals surface area (Å²) in [5.74, 6) is 0.986. The topological polar surface area (TPSA) is 42.8 Å². The van der Waals surface area contributed by atoms with Crippen LogP contribution >= 0.6 is 12.2 Å². The third-order valence-corrected chi connectivity index (χ3v) is 3.37. The Kier molecular flexibility index (Phi) is 3.53. The van der Waals surface area contributed by atoms with E-state index in [4.69, 9.17) is 17.0 Å². The number of halogens is 1. The number of benzene rings is 2. The second-order valence-electron chi connectivity index (χ2n) is 4.37. The smallest absolute Gasteiger partial charge is 0.200 e. The fraction of sp³-hybridized carbons (Fsp3) is 0.0667. The van der Waals surface area contributed by atoms with Gasteiger partial charge in [-0.15, -0.1) is 0 Å². The summed E-state index contributed by atoms with van der Waals surface area (Å²) in [7, 11) is 1.60. The molecular weight excluding hydrogens is 289 g/mol. The van der Waals surface area contributed by atoms with Crippen LogP contribution in [0.1, 0.15) is 0 Å². The van der Waals surface area contributed by atoms with Gasteiger partial charge in [0, 0.05) is 5.56 Å². The molecule has 0 saturated carbocycles. The van der Waals surface area contributed by atoms with Crippen LogP contribution in [0, 0.1) is 10.6 Å². The van der Waals surface area contributed by atoms with Crippen molar-refractivity contribution < 1.29 is 9.13 Å². The van der Waals surface area contributed by atoms with Crippen LogP contribution in [0.15, 0.2) is 48.5 Å². The summed E-state index contributed by atoms with van der Waals surface area (Å²) < 4.78 is 20.6. The van der Waals surface area contributed by atoms with Crippen molar-refractivity contribution >= 4 is 12.2 Å². The van der Waals surface area contributed by atoms with E-state index in [0.29, 0.717) is 16.3 Å². The van der Waals surface area contributed by atoms with Crippen LogP contribution in [-0.4, -0.2) is 21.9 Å². The number of hydrogen-bond donors (Lipinski definition) is 1. The van der Waals surface area contributed by atoms with Crippen LogP contribution in [0.4, 0.5) is 4.39 Å². The number of ether oxygens (including phenoxy) is 1. The monoisotopic (exact) mass is 301 g/mol. The highest BCUT2D eigenvalue weighted by molar-refractivity contribution is 7.71. The third-order valence-electron chi connectivity index (χ3n) is 3.10. The highest BCUT2D eigenvalue weighted by atomic mass is 32.1. The molecule has 0 atom stereocenters. The molecule has 0 amide bonds. The van der Waals surface area contributed by atoms with Gasteiger partial charge in [-0.2, -0.15) is 5.10 Å². The van der Waals surface area contributed by atoms with E-state index < -0.39 is 0 Å². The number of methoxy groups -OCH3 is 1. The molecule has 3 aromatic rings. The van der Waals surface area contributed by atoms with Crippen molar-refractivity contribution in [1.29, 1.82) is 0 Å². The van der Waals surface area contributed by atoms with E-state index in [1.54, 1.807) is 23.8 Å². The van der Waals surface area contributed by atoms with Gasteiger partial charge < -0.3 is 4.74 Å². The molecule has 6 heteroatoms. The molecule has 1 aromatic heterocycles. The molecule has 0 bridgehead atoms. The normalized spacial score (nSPS) is 10.6. The van der Waals surface area contributed by atoms with Gasteiger partial charge in [0.1, 0.15) is 11.6 Å². The average Bonchev–Trinajstić information content (AvgIpc) is 2.89. The number of nitrogens with zero attached hydrogens (tertiary/aromatic N) is 2. The van der Waals surface area contributed by atoms with Crippen LogP contribution < -0.4 is 4.74 Å². The molecular formula is C15H12FN3OS. The zero-order valence-electron chi connectivity index (χ0n) is 11.2. The number of H-pyrrole nitrogens is 1. The van der Waals surface area contributed by atoms with Crippen molar-refractivity contribution in [2.45, 2.75) is 0 Å². The molecule has 2 aromatic carbocycles. The first-order valence-electron chi connectivity index (χ1n) is 6.27. The SMILES string of the molecule is COc1ccccc1-n1c(-c2ccc(F)cc2)n[nH]c1=S. The minimum Gasteiger partial charge on any atom is -0.495 e. The van der Waals surface area contributed by atoms with E-state index in [0.717, 1.165) is 11.3 Å². The Hall–Kier alpha value is -2.47. The van der Waals surface area contributed by atoms with Crippen molar-refractivity contribution in [1.82, 2.24) is 14.8 Å².